The summed E-state index contributed by atoms with van der Waals surface area (Å²) >= 11 is 0. The molecule has 2 aromatic rings. The minimum atomic E-state index is -1.70. The number of carbonyl (C=O) groups excluding carboxylic acids is 2. The Kier molecular flexibility index (Phi) is 5.44. The maximum atomic E-state index is 13.2. The van der Waals surface area contributed by atoms with Crippen LogP contribution >= 0.6 is 0 Å². The van der Waals surface area contributed by atoms with Crippen LogP contribution in [0.25, 0.3) is 0 Å². The van der Waals surface area contributed by atoms with Gasteiger partial charge in [0.1, 0.15) is 5.82 Å². The summed E-state index contributed by atoms with van der Waals surface area (Å²) in [5.41, 5.74) is 0.388. The number of carbonyl (C=O) groups is 3. The number of carboxylic acid groups (broad SMARTS) is 1. The van der Waals surface area contributed by atoms with E-state index in [4.69, 9.17) is 0 Å². The van der Waals surface area contributed by atoms with Gasteiger partial charge in [-0.05, 0) is 42.7 Å². The molecule has 146 valence electrons. The first-order valence-corrected chi connectivity index (χ1v) is 9.00. The number of anilines is 1. The van der Waals surface area contributed by atoms with Crippen molar-refractivity contribution in [3.63, 3.8) is 0 Å². The van der Waals surface area contributed by atoms with Gasteiger partial charge in [-0.25, -0.2) is 9.18 Å². The van der Waals surface area contributed by atoms with E-state index in [1.54, 1.807) is 4.90 Å². The first-order valence-electron chi connectivity index (χ1n) is 9.00. The van der Waals surface area contributed by atoms with Crippen LogP contribution < -0.4 is 10.2 Å². The molecule has 3 rings (SSSR count). The van der Waals surface area contributed by atoms with Crippen molar-refractivity contribution >= 4 is 23.5 Å². The quantitative estimate of drug-likeness (QED) is 0.802. The Balaban J connectivity index is 1.71. The predicted molar refractivity (Wildman–Crippen MR) is 101 cm³/mol. The van der Waals surface area contributed by atoms with E-state index in [1.807, 2.05) is 24.3 Å². The van der Waals surface area contributed by atoms with Crippen molar-refractivity contribution in [2.24, 2.45) is 0 Å². The Bertz CT molecular complexity index is 913. The van der Waals surface area contributed by atoms with Crippen molar-refractivity contribution in [1.82, 2.24) is 5.32 Å². The van der Waals surface area contributed by atoms with Gasteiger partial charge in [0.05, 0.1) is 0 Å². The number of carboxylic acids is 1. The van der Waals surface area contributed by atoms with Crippen LogP contribution in [0, 0.1) is 5.82 Å². The lowest BCUT2D eigenvalue weighted by molar-refractivity contribution is -0.147. The number of rotatable bonds is 6. The molecule has 2 aromatic carbocycles. The number of nitrogens with zero attached hydrogens (tertiary/aromatic N) is 1. The monoisotopic (exact) mass is 384 g/mol. The highest BCUT2D eigenvalue weighted by atomic mass is 19.1. The first kappa shape index (κ1) is 19.5. The minimum absolute atomic E-state index is 0.0514. The number of fused-ring (bicyclic) bond motifs is 1. The molecule has 28 heavy (non-hydrogen) atoms. The highest BCUT2D eigenvalue weighted by molar-refractivity contribution is 5.97. The second-order valence-electron chi connectivity index (χ2n) is 6.91. The van der Waals surface area contributed by atoms with Crippen LogP contribution in [0.15, 0.2) is 48.5 Å². The number of hydrogen-bond donors (Lipinski definition) is 2. The average molecular weight is 384 g/mol. The summed E-state index contributed by atoms with van der Waals surface area (Å²) < 4.78 is 13.2. The molecular formula is C21H21FN2O4. The van der Waals surface area contributed by atoms with E-state index in [2.05, 4.69) is 5.32 Å². The number of amides is 2. The van der Waals surface area contributed by atoms with Crippen LogP contribution in [0.2, 0.25) is 0 Å². The van der Waals surface area contributed by atoms with Crippen molar-refractivity contribution in [2.45, 2.75) is 31.7 Å². The standard InChI is InChI=1S/C21H21FN2O4/c1-21(20(27)28,15-7-9-16(22)10-8-15)23-18(25)12-13-24-17-5-3-2-4-14(17)6-11-19(24)26/h2-5,7-10H,6,11-13H2,1H3,(H,23,25)(H,27,28). The number of halogens is 1. The fourth-order valence-electron chi connectivity index (χ4n) is 3.33. The van der Waals surface area contributed by atoms with Gasteiger partial charge in [0, 0.05) is 25.1 Å². The van der Waals surface area contributed by atoms with E-state index in [0.29, 0.717) is 12.8 Å². The van der Waals surface area contributed by atoms with Crippen LogP contribution in [0.5, 0.6) is 0 Å². The summed E-state index contributed by atoms with van der Waals surface area (Å²) in [5, 5.41) is 12.1. The van der Waals surface area contributed by atoms with E-state index in [0.717, 1.165) is 23.4 Å². The third-order valence-corrected chi connectivity index (χ3v) is 4.99. The molecule has 0 saturated heterocycles. The van der Waals surface area contributed by atoms with Gasteiger partial charge in [-0.3, -0.25) is 9.59 Å². The second-order valence-corrected chi connectivity index (χ2v) is 6.91. The first-order chi connectivity index (χ1) is 13.3. The summed E-state index contributed by atoms with van der Waals surface area (Å²) in [6, 6.07) is 12.5. The second kappa shape index (κ2) is 7.80. The molecule has 0 aliphatic carbocycles. The third kappa shape index (κ3) is 3.88. The van der Waals surface area contributed by atoms with Crippen molar-refractivity contribution in [3.8, 4) is 0 Å². The van der Waals surface area contributed by atoms with Crippen molar-refractivity contribution in [1.29, 1.82) is 0 Å². The molecule has 0 radical (unpaired) electrons. The zero-order chi connectivity index (χ0) is 20.3. The summed E-state index contributed by atoms with van der Waals surface area (Å²) in [7, 11) is 0. The highest BCUT2D eigenvalue weighted by Gasteiger charge is 2.37. The maximum Gasteiger partial charge on any atom is 0.333 e. The topological polar surface area (TPSA) is 86.7 Å². The number of hydrogen-bond acceptors (Lipinski definition) is 3. The molecule has 0 fully saturated rings. The van der Waals surface area contributed by atoms with Crippen molar-refractivity contribution in [3.05, 3.63) is 65.5 Å². The summed E-state index contributed by atoms with van der Waals surface area (Å²) in [6.07, 6.45) is 0.991. The fourth-order valence-corrected chi connectivity index (χ4v) is 3.33. The maximum absolute atomic E-state index is 13.2. The Morgan fingerprint density at radius 3 is 2.50 bits per heavy atom. The minimum Gasteiger partial charge on any atom is -0.479 e. The van der Waals surface area contributed by atoms with Crippen LogP contribution in [0.3, 0.4) is 0 Å². The molecule has 1 aliphatic rings. The van der Waals surface area contributed by atoms with E-state index in [1.165, 1.54) is 19.1 Å². The number of benzene rings is 2. The normalized spacial score (nSPS) is 15.5. The van der Waals surface area contributed by atoms with Gasteiger partial charge in [-0.2, -0.15) is 0 Å². The van der Waals surface area contributed by atoms with E-state index in [-0.39, 0.29) is 24.4 Å². The van der Waals surface area contributed by atoms with Crippen LogP contribution in [-0.4, -0.2) is 29.4 Å². The lowest BCUT2D eigenvalue weighted by Crippen LogP contribution is -2.50. The molecule has 0 spiro atoms. The zero-order valence-electron chi connectivity index (χ0n) is 15.4. The molecule has 2 N–H and O–H groups in total. The van der Waals surface area contributed by atoms with Crippen molar-refractivity contribution in [2.75, 3.05) is 11.4 Å². The van der Waals surface area contributed by atoms with Gasteiger partial charge >= 0.3 is 5.97 Å². The summed E-state index contributed by atoms with van der Waals surface area (Å²) in [6.45, 7) is 1.50. The Morgan fingerprint density at radius 1 is 1.14 bits per heavy atom. The van der Waals surface area contributed by atoms with Crippen molar-refractivity contribution < 1.29 is 23.9 Å². The molecule has 2 amide bonds. The Labute approximate surface area is 162 Å². The summed E-state index contributed by atoms with van der Waals surface area (Å²) in [4.78, 5) is 38.1. The smallest absolute Gasteiger partial charge is 0.333 e. The number of aliphatic carboxylic acids is 1. The molecule has 1 heterocycles. The molecule has 1 unspecified atom stereocenters. The molecule has 1 aliphatic heterocycles. The van der Waals surface area contributed by atoms with Gasteiger partial charge in [0.2, 0.25) is 11.8 Å². The summed E-state index contributed by atoms with van der Waals surface area (Å²) in [5.74, 6) is -2.33. The van der Waals surface area contributed by atoms with E-state index < -0.39 is 23.2 Å². The number of nitrogens with one attached hydrogen (secondary N) is 1. The van der Waals surface area contributed by atoms with Crippen LogP contribution in [0.4, 0.5) is 10.1 Å². The largest absolute Gasteiger partial charge is 0.479 e. The third-order valence-electron chi connectivity index (χ3n) is 4.99. The van der Waals surface area contributed by atoms with Gasteiger partial charge in [-0.1, -0.05) is 30.3 Å². The lowest BCUT2D eigenvalue weighted by atomic mass is 9.91. The fraction of sp³-hybridized carbons (Fsp3) is 0.286. The number of para-hydroxylation sites is 1. The van der Waals surface area contributed by atoms with Gasteiger partial charge in [0.25, 0.3) is 0 Å². The van der Waals surface area contributed by atoms with E-state index in [9.17, 15) is 23.9 Å². The van der Waals surface area contributed by atoms with E-state index >= 15 is 0 Å². The zero-order valence-corrected chi connectivity index (χ0v) is 15.4. The Hall–Kier alpha value is -3.22. The van der Waals surface area contributed by atoms with Gasteiger partial charge in [-0.15, -0.1) is 0 Å². The van der Waals surface area contributed by atoms with Crippen LogP contribution in [-0.2, 0) is 26.3 Å². The highest BCUT2D eigenvalue weighted by Crippen LogP contribution is 2.28. The Morgan fingerprint density at radius 2 is 1.82 bits per heavy atom. The molecular weight excluding hydrogens is 363 g/mol. The molecule has 6 nitrogen and oxygen atoms in total. The van der Waals surface area contributed by atoms with Crippen LogP contribution in [0.1, 0.15) is 30.9 Å². The molecule has 0 aromatic heterocycles. The van der Waals surface area contributed by atoms with Gasteiger partial charge < -0.3 is 15.3 Å². The predicted octanol–water partition coefficient (Wildman–Crippen LogP) is 2.61. The number of aryl methyl sites for hydroxylation is 1. The molecule has 7 heteroatoms. The van der Waals surface area contributed by atoms with Gasteiger partial charge in [0.15, 0.2) is 5.54 Å². The molecule has 0 bridgehead atoms. The molecule has 1 atom stereocenters. The average Bonchev–Trinajstić information content (AvgIpc) is 2.67. The lowest BCUT2D eigenvalue weighted by Gasteiger charge is -2.30. The SMILES string of the molecule is CC(NC(=O)CCN1C(=O)CCc2ccccc21)(C(=O)O)c1ccc(F)cc1. The molecule has 0 saturated carbocycles.